The molecule has 0 atom stereocenters. The van der Waals surface area contributed by atoms with Crippen LogP contribution >= 0.6 is 0 Å². The molecular formula is C21H19N3O3. The molecule has 3 aromatic rings. The Bertz CT molecular complexity index is 930. The molecule has 1 aliphatic heterocycles. The average Bonchev–Trinajstić information content (AvgIpc) is 3.24. The summed E-state index contributed by atoms with van der Waals surface area (Å²) >= 11 is 0. The minimum absolute atomic E-state index is 0.0419. The third-order valence-electron chi connectivity index (χ3n) is 4.89. The van der Waals surface area contributed by atoms with Crippen molar-refractivity contribution in [3.8, 4) is 11.3 Å². The van der Waals surface area contributed by atoms with Gasteiger partial charge < -0.3 is 9.42 Å². The van der Waals surface area contributed by atoms with Crippen LogP contribution in [0.25, 0.3) is 11.3 Å². The number of hydrogen-bond donors (Lipinski definition) is 0. The van der Waals surface area contributed by atoms with E-state index in [1.54, 1.807) is 29.4 Å². The van der Waals surface area contributed by atoms with Crippen LogP contribution < -0.4 is 0 Å². The normalized spacial score (nSPS) is 14.9. The van der Waals surface area contributed by atoms with Gasteiger partial charge in [0, 0.05) is 48.6 Å². The van der Waals surface area contributed by atoms with Crippen LogP contribution in [0.1, 0.15) is 33.7 Å². The van der Waals surface area contributed by atoms with Gasteiger partial charge in [0.05, 0.1) is 0 Å². The van der Waals surface area contributed by atoms with Gasteiger partial charge in [-0.25, -0.2) is 0 Å². The van der Waals surface area contributed by atoms with E-state index in [1.807, 2.05) is 36.4 Å². The zero-order valence-electron chi connectivity index (χ0n) is 14.7. The molecule has 4 rings (SSSR count). The number of pyridine rings is 1. The van der Waals surface area contributed by atoms with Gasteiger partial charge in [-0.3, -0.25) is 14.6 Å². The Kier molecular flexibility index (Phi) is 4.78. The fourth-order valence-electron chi connectivity index (χ4n) is 3.37. The molecule has 27 heavy (non-hydrogen) atoms. The van der Waals surface area contributed by atoms with Crippen LogP contribution in [0, 0.1) is 5.92 Å². The molecule has 6 nitrogen and oxygen atoms in total. The maximum Gasteiger partial charge on any atom is 0.276 e. The Morgan fingerprint density at radius 1 is 1.04 bits per heavy atom. The third kappa shape index (κ3) is 3.65. The number of piperidine rings is 1. The standard InChI is InChI=1S/C21H19N3O3/c25-20(15-5-2-1-3-6-15)16-8-11-24(12-9-16)21(26)18-13-19(27-23-18)17-7-4-10-22-14-17/h1-7,10,13-14,16H,8-9,11-12H2. The van der Waals surface area contributed by atoms with Crippen molar-refractivity contribution in [1.82, 2.24) is 15.0 Å². The van der Waals surface area contributed by atoms with Gasteiger partial charge in [-0.05, 0) is 25.0 Å². The first-order valence-corrected chi connectivity index (χ1v) is 8.98. The molecule has 3 heterocycles. The molecule has 1 aromatic carbocycles. The summed E-state index contributed by atoms with van der Waals surface area (Å²) in [5.74, 6) is 0.461. The van der Waals surface area contributed by atoms with Crippen molar-refractivity contribution in [2.45, 2.75) is 12.8 Å². The lowest BCUT2D eigenvalue weighted by molar-refractivity contribution is 0.0642. The number of amides is 1. The first-order valence-electron chi connectivity index (χ1n) is 8.98. The van der Waals surface area contributed by atoms with Crippen molar-refractivity contribution in [1.29, 1.82) is 0 Å². The largest absolute Gasteiger partial charge is 0.355 e. The highest BCUT2D eigenvalue weighted by Crippen LogP contribution is 2.24. The molecule has 2 aromatic heterocycles. The van der Waals surface area contributed by atoms with Crippen molar-refractivity contribution in [3.63, 3.8) is 0 Å². The molecule has 136 valence electrons. The summed E-state index contributed by atoms with van der Waals surface area (Å²) in [6.07, 6.45) is 4.65. The van der Waals surface area contributed by atoms with Crippen molar-refractivity contribution >= 4 is 11.7 Å². The van der Waals surface area contributed by atoms with Crippen LogP contribution in [0.15, 0.2) is 65.4 Å². The first-order chi connectivity index (χ1) is 13.2. The quantitative estimate of drug-likeness (QED) is 0.665. The zero-order chi connectivity index (χ0) is 18.6. The van der Waals surface area contributed by atoms with E-state index in [1.165, 1.54) is 0 Å². The van der Waals surface area contributed by atoms with Crippen molar-refractivity contribution < 1.29 is 14.1 Å². The molecular weight excluding hydrogens is 342 g/mol. The van der Waals surface area contributed by atoms with Gasteiger partial charge >= 0.3 is 0 Å². The second kappa shape index (κ2) is 7.53. The van der Waals surface area contributed by atoms with Gasteiger partial charge in [0.2, 0.25) is 0 Å². The summed E-state index contributed by atoms with van der Waals surface area (Å²) in [6, 6.07) is 14.6. The second-order valence-electron chi connectivity index (χ2n) is 6.61. The van der Waals surface area contributed by atoms with E-state index in [-0.39, 0.29) is 23.3 Å². The van der Waals surface area contributed by atoms with Crippen molar-refractivity contribution in [2.75, 3.05) is 13.1 Å². The minimum Gasteiger partial charge on any atom is -0.355 e. The SMILES string of the molecule is O=C(c1ccccc1)C1CCN(C(=O)c2cc(-c3cccnc3)on2)CC1. The summed E-state index contributed by atoms with van der Waals surface area (Å²) in [4.78, 5) is 31.0. The topological polar surface area (TPSA) is 76.3 Å². The van der Waals surface area contributed by atoms with Crippen LogP contribution in [0.5, 0.6) is 0 Å². The van der Waals surface area contributed by atoms with E-state index >= 15 is 0 Å². The molecule has 1 fully saturated rings. The lowest BCUT2D eigenvalue weighted by Gasteiger charge is -2.30. The Balaban J connectivity index is 1.39. The molecule has 0 N–H and O–H groups in total. The summed E-state index contributed by atoms with van der Waals surface area (Å²) in [5, 5.41) is 3.91. The molecule has 1 saturated heterocycles. The predicted octanol–water partition coefficient (Wildman–Crippen LogP) is 3.47. The molecule has 0 unspecified atom stereocenters. The van der Waals surface area contributed by atoms with Crippen molar-refractivity contribution in [2.24, 2.45) is 5.92 Å². The highest BCUT2D eigenvalue weighted by Gasteiger charge is 2.29. The average molecular weight is 361 g/mol. The molecule has 0 aliphatic carbocycles. The number of carbonyl (C=O) groups excluding carboxylic acids is 2. The monoisotopic (exact) mass is 361 g/mol. The maximum atomic E-state index is 12.7. The minimum atomic E-state index is -0.167. The Morgan fingerprint density at radius 3 is 2.52 bits per heavy atom. The Labute approximate surface area is 156 Å². The predicted molar refractivity (Wildman–Crippen MR) is 99.1 cm³/mol. The Morgan fingerprint density at radius 2 is 1.81 bits per heavy atom. The number of Topliss-reactive ketones (excluding diaryl/α,β-unsaturated/α-hetero) is 1. The molecule has 1 amide bonds. The van der Waals surface area contributed by atoms with Gasteiger partial charge in [-0.2, -0.15) is 0 Å². The summed E-state index contributed by atoms with van der Waals surface area (Å²) in [5.41, 5.74) is 1.79. The molecule has 1 aliphatic rings. The van der Waals surface area contributed by atoms with Gasteiger partial charge in [0.1, 0.15) is 0 Å². The molecule has 0 radical (unpaired) electrons. The summed E-state index contributed by atoms with van der Waals surface area (Å²) in [7, 11) is 0. The lowest BCUT2D eigenvalue weighted by atomic mass is 9.89. The third-order valence-corrected chi connectivity index (χ3v) is 4.89. The van der Waals surface area contributed by atoms with E-state index in [9.17, 15) is 9.59 Å². The van der Waals surface area contributed by atoms with Crippen LogP contribution in [0.3, 0.4) is 0 Å². The van der Waals surface area contributed by atoms with Crippen LogP contribution in [0.4, 0.5) is 0 Å². The van der Waals surface area contributed by atoms with Gasteiger partial charge in [0.15, 0.2) is 17.2 Å². The van der Waals surface area contributed by atoms with Crippen LogP contribution in [0.2, 0.25) is 0 Å². The summed E-state index contributed by atoms with van der Waals surface area (Å²) in [6.45, 7) is 1.08. The fourth-order valence-corrected chi connectivity index (χ4v) is 3.37. The number of aromatic nitrogens is 2. The molecule has 0 bridgehead atoms. The highest BCUT2D eigenvalue weighted by atomic mass is 16.5. The van der Waals surface area contributed by atoms with E-state index in [4.69, 9.17) is 4.52 Å². The van der Waals surface area contributed by atoms with E-state index < -0.39 is 0 Å². The molecule has 6 heteroatoms. The van der Waals surface area contributed by atoms with E-state index in [2.05, 4.69) is 10.1 Å². The Hall–Kier alpha value is -3.28. The van der Waals surface area contributed by atoms with E-state index in [0.717, 1.165) is 11.1 Å². The van der Waals surface area contributed by atoms with Gasteiger partial charge in [0.25, 0.3) is 5.91 Å². The number of carbonyl (C=O) groups is 2. The van der Waals surface area contributed by atoms with Crippen molar-refractivity contribution in [3.05, 3.63) is 72.2 Å². The van der Waals surface area contributed by atoms with Crippen LogP contribution in [-0.4, -0.2) is 39.8 Å². The highest BCUT2D eigenvalue weighted by molar-refractivity contribution is 5.98. The number of ketones is 1. The zero-order valence-corrected chi connectivity index (χ0v) is 14.7. The number of rotatable bonds is 4. The van der Waals surface area contributed by atoms with Crippen LogP contribution in [-0.2, 0) is 0 Å². The number of hydrogen-bond acceptors (Lipinski definition) is 5. The van der Waals surface area contributed by atoms with Gasteiger partial charge in [-0.15, -0.1) is 0 Å². The van der Waals surface area contributed by atoms with E-state index in [0.29, 0.717) is 31.7 Å². The summed E-state index contributed by atoms with van der Waals surface area (Å²) < 4.78 is 5.29. The molecule has 0 spiro atoms. The maximum absolute atomic E-state index is 12.7. The number of nitrogens with zero attached hydrogens (tertiary/aromatic N) is 3. The number of benzene rings is 1. The number of likely N-dealkylation sites (tertiary alicyclic amines) is 1. The first kappa shape index (κ1) is 17.1. The fraction of sp³-hybridized carbons (Fsp3) is 0.238. The lowest BCUT2D eigenvalue weighted by Crippen LogP contribution is -2.40. The van der Waals surface area contributed by atoms with Gasteiger partial charge in [-0.1, -0.05) is 35.5 Å². The second-order valence-corrected chi connectivity index (χ2v) is 6.61. The smallest absolute Gasteiger partial charge is 0.276 e. The molecule has 0 saturated carbocycles.